The second kappa shape index (κ2) is 49.8. The van der Waals surface area contributed by atoms with E-state index in [1.165, 1.54) is 128 Å². The minimum Gasteiger partial charge on any atom is -0.462 e. The highest BCUT2D eigenvalue weighted by Gasteiger charge is 2.30. The van der Waals surface area contributed by atoms with Gasteiger partial charge in [0.15, 0.2) is 12.6 Å². The second-order valence-corrected chi connectivity index (χ2v) is 20.4. The maximum absolute atomic E-state index is 12.8. The summed E-state index contributed by atoms with van der Waals surface area (Å²) in [5.74, 6) is 0.552. The van der Waals surface area contributed by atoms with E-state index in [9.17, 15) is 14.4 Å². The monoisotopic (exact) mass is 983 g/mol. The highest BCUT2D eigenvalue weighted by molar-refractivity contribution is 5.80. The molecule has 1 rings (SSSR count). The third-order valence-corrected chi connectivity index (χ3v) is 13.3. The van der Waals surface area contributed by atoms with Gasteiger partial charge in [-0.3, -0.25) is 9.59 Å². The lowest BCUT2D eigenvalue weighted by atomic mass is 9.85. The van der Waals surface area contributed by atoms with Crippen LogP contribution in [0, 0.1) is 11.8 Å². The van der Waals surface area contributed by atoms with Crippen LogP contribution in [0.5, 0.6) is 0 Å². The van der Waals surface area contributed by atoms with Crippen LogP contribution in [0.4, 0.5) is 4.79 Å². The molecule has 0 aliphatic heterocycles. The molecule has 0 radical (unpaired) electrons. The van der Waals surface area contributed by atoms with Gasteiger partial charge in [0.1, 0.15) is 11.9 Å². The van der Waals surface area contributed by atoms with E-state index in [0.717, 1.165) is 77.8 Å². The Morgan fingerprint density at radius 3 is 1.32 bits per heavy atom. The summed E-state index contributed by atoms with van der Waals surface area (Å²) >= 11 is 0. The van der Waals surface area contributed by atoms with Crippen molar-refractivity contribution in [1.29, 1.82) is 0 Å². The molecular weight excluding hydrogens is 869 g/mol. The van der Waals surface area contributed by atoms with Crippen molar-refractivity contribution in [3.8, 4) is 0 Å². The van der Waals surface area contributed by atoms with Crippen molar-refractivity contribution in [2.75, 3.05) is 52.7 Å². The van der Waals surface area contributed by atoms with Crippen LogP contribution in [0.3, 0.4) is 0 Å². The van der Waals surface area contributed by atoms with E-state index in [1.54, 1.807) is 0 Å². The Morgan fingerprint density at radius 1 is 0.507 bits per heavy atom. The Kier molecular flexibility index (Phi) is 48.5. The molecule has 1 fully saturated rings. The first-order valence-corrected chi connectivity index (χ1v) is 29.4. The number of esters is 1. The van der Waals surface area contributed by atoms with Gasteiger partial charge in [0, 0.05) is 70.6 Å². The number of rotatable bonds is 47. The molecule has 0 bridgehead atoms. The minimum absolute atomic E-state index is 0.0501. The third-order valence-electron chi connectivity index (χ3n) is 13.3. The van der Waals surface area contributed by atoms with Crippen LogP contribution in [0.15, 0.2) is 0 Å². The Bertz CT molecular complexity index is 1100. The Hall–Kier alpha value is -1.79. The van der Waals surface area contributed by atoms with Gasteiger partial charge in [0.25, 0.3) is 0 Å². The van der Waals surface area contributed by atoms with E-state index < -0.39 is 0 Å². The molecule has 11 nitrogen and oxygen atoms in total. The van der Waals surface area contributed by atoms with Crippen molar-refractivity contribution in [3.63, 3.8) is 0 Å². The largest absolute Gasteiger partial charge is 0.462 e. The molecule has 0 heterocycles. The van der Waals surface area contributed by atoms with Crippen LogP contribution < -0.4 is 5.32 Å². The molecule has 0 aromatic carbocycles. The zero-order valence-corrected chi connectivity index (χ0v) is 46.9. The average Bonchev–Trinajstić information content (AvgIpc) is 3.33. The maximum Gasteiger partial charge on any atom is 0.407 e. The van der Waals surface area contributed by atoms with E-state index in [2.05, 4.69) is 58.7 Å². The van der Waals surface area contributed by atoms with E-state index in [1.807, 2.05) is 13.8 Å². The van der Waals surface area contributed by atoms with Gasteiger partial charge in [0.2, 0.25) is 0 Å². The molecule has 1 amide bonds. The minimum atomic E-state index is -0.378. The van der Waals surface area contributed by atoms with Gasteiger partial charge in [-0.1, -0.05) is 191 Å². The summed E-state index contributed by atoms with van der Waals surface area (Å²) in [5, 5.41) is 3.00. The molecule has 410 valence electrons. The Labute approximate surface area is 426 Å². The first-order chi connectivity index (χ1) is 33.5. The zero-order valence-electron chi connectivity index (χ0n) is 46.9. The van der Waals surface area contributed by atoms with Gasteiger partial charge in [-0.05, 0) is 64.0 Å². The van der Waals surface area contributed by atoms with Crippen molar-refractivity contribution in [1.82, 2.24) is 10.2 Å². The molecule has 11 heteroatoms. The van der Waals surface area contributed by atoms with Gasteiger partial charge in [-0.2, -0.15) is 0 Å². The number of carbonyl (C=O) groups excluding carboxylic acids is 3. The lowest BCUT2D eigenvalue weighted by molar-refractivity contribution is -0.164. The lowest BCUT2D eigenvalue weighted by Gasteiger charge is -2.33. The number of nitrogens with zero attached hydrogens (tertiary/aromatic N) is 1. The molecule has 69 heavy (non-hydrogen) atoms. The fourth-order valence-electron chi connectivity index (χ4n) is 8.80. The highest BCUT2D eigenvalue weighted by atomic mass is 16.7. The van der Waals surface area contributed by atoms with E-state index >= 15 is 0 Å². The number of carbonyl (C=O) groups is 3. The molecule has 0 saturated heterocycles. The number of amides is 1. The van der Waals surface area contributed by atoms with Crippen molar-refractivity contribution in [2.45, 2.75) is 293 Å². The van der Waals surface area contributed by atoms with E-state index in [4.69, 9.17) is 28.4 Å². The second-order valence-electron chi connectivity index (χ2n) is 20.4. The molecule has 0 aromatic rings. The average molecular weight is 984 g/mol. The first kappa shape index (κ1) is 67.2. The molecule has 1 aliphatic rings. The van der Waals surface area contributed by atoms with Gasteiger partial charge < -0.3 is 38.6 Å². The number of hydrogen-bond acceptors (Lipinski definition) is 10. The van der Waals surface area contributed by atoms with E-state index in [0.29, 0.717) is 57.2 Å². The van der Waals surface area contributed by atoms with Crippen LogP contribution >= 0.6 is 0 Å². The SMILES string of the molecule is CCCCCCCCOC(CCC(=O)C(C)C)OCCCCCCCC.CCCCCCCCOC(CCC(=O)OC1CC(C)CC(NC(=O)OCCCN(CC)CC)C1)OCCCCCCCC. The number of ketones is 1. The standard InChI is InChI=1S/C35H68N2O6.C23H46O3/c1-6-10-12-14-16-18-24-40-34(41-25-19-17-15-13-11-7-2)22-21-33(38)43-32-28-30(5)27-31(29-32)36-35(39)42-26-20-23-37(8-3)9-4;1-5-7-9-11-13-15-19-25-23(18-17-22(24)21(3)4)26-20-16-14-12-10-8-6-2/h30-32,34H,6-29H2,1-5H3,(H,36,39);21,23H,5-20H2,1-4H3. The number of hydrogen-bond donors (Lipinski definition) is 1. The van der Waals surface area contributed by atoms with Gasteiger partial charge in [0.05, 0.1) is 13.0 Å². The quantitative estimate of drug-likeness (QED) is 0.0358. The number of Topliss-reactive ketones (excluding diaryl/α,β-unsaturated/α-hetero) is 1. The van der Waals surface area contributed by atoms with Crippen molar-refractivity contribution in [2.24, 2.45) is 11.8 Å². The van der Waals surface area contributed by atoms with Gasteiger partial charge in [-0.25, -0.2) is 4.79 Å². The smallest absolute Gasteiger partial charge is 0.407 e. The fourth-order valence-corrected chi connectivity index (χ4v) is 8.80. The van der Waals surface area contributed by atoms with E-state index in [-0.39, 0.29) is 49.1 Å². The number of ether oxygens (including phenoxy) is 6. The Balaban J connectivity index is 0.00000152. The molecule has 3 unspecified atom stereocenters. The molecule has 0 spiro atoms. The summed E-state index contributed by atoms with van der Waals surface area (Å²) in [4.78, 5) is 39.4. The maximum atomic E-state index is 12.8. The predicted molar refractivity (Wildman–Crippen MR) is 287 cm³/mol. The predicted octanol–water partition coefficient (Wildman–Crippen LogP) is 15.5. The summed E-state index contributed by atoms with van der Waals surface area (Å²) < 4.78 is 35.4. The van der Waals surface area contributed by atoms with Crippen LogP contribution in [-0.4, -0.2) is 100 Å². The lowest BCUT2D eigenvalue weighted by Crippen LogP contribution is -2.43. The molecular formula is C58H114N2O9. The fraction of sp³-hybridized carbons (Fsp3) is 0.948. The third kappa shape index (κ3) is 43.5. The van der Waals surface area contributed by atoms with Crippen LogP contribution in [0.25, 0.3) is 0 Å². The molecule has 0 aromatic heterocycles. The Morgan fingerprint density at radius 2 is 0.913 bits per heavy atom. The van der Waals surface area contributed by atoms with Crippen LogP contribution in [0.2, 0.25) is 0 Å². The molecule has 1 N–H and O–H groups in total. The summed E-state index contributed by atoms with van der Waals surface area (Å²) in [6.07, 6.45) is 33.7. The summed E-state index contributed by atoms with van der Waals surface area (Å²) in [6.45, 7) is 25.5. The first-order valence-electron chi connectivity index (χ1n) is 29.4. The van der Waals surface area contributed by atoms with Crippen LogP contribution in [0.1, 0.15) is 268 Å². The number of nitrogens with one attached hydrogen (secondary N) is 1. The topological polar surface area (TPSA) is 122 Å². The normalized spacial score (nSPS) is 16.0. The van der Waals surface area contributed by atoms with Crippen LogP contribution in [-0.2, 0) is 38.0 Å². The number of alkyl carbamates (subject to hydrolysis) is 1. The zero-order chi connectivity index (χ0) is 51.0. The summed E-state index contributed by atoms with van der Waals surface area (Å²) in [5.41, 5.74) is 0. The molecule has 1 aliphatic carbocycles. The van der Waals surface area contributed by atoms with Gasteiger partial charge in [-0.15, -0.1) is 0 Å². The summed E-state index contributed by atoms with van der Waals surface area (Å²) in [7, 11) is 0. The number of unbranched alkanes of at least 4 members (excludes halogenated alkanes) is 20. The summed E-state index contributed by atoms with van der Waals surface area (Å²) in [6, 6.07) is -0.0501. The highest BCUT2D eigenvalue weighted by Crippen LogP contribution is 2.27. The van der Waals surface area contributed by atoms with Crippen molar-refractivity contribution >= 4 is 17.8 Å². The van der Waals surface area contributed by atoms with Crippen molar-refractivity contribution < 1.29 is 42.8 Å². The van der Waals surface area contributed by atoms with Gasteiger partial charge >= 0.3 is 12.1 Å². The molecule has 1 saturated carbocycles. The van der Waals surface area contributed by atoms with Crippen molar-refractivity contribution in [3.05, 3.63) is 0 Å². The molecule has 3 atom stereocenters.